The van der Waals surface area contributed by atoms with Crippen molar-refractivity contribution in [2.45, 2.75) is 12.8 Å². The van der Waals surface area contributed by atoms with E-state index in [2.05, 4.69) is 122 Å². The highest BCUT2D eigenvalue weighted by Crippen LogP contribution is 2.26. The van der Waals surface area contributed by atoms with Gasteiger partial charge in [-0.3, -0.25) is 4.79 Å². The first-order chi connectivity index (χ1) is 14.4. The minimum absolute atomic E-state index is 0.133. The highest BCUT2D eigenvalue weighted by molar-refractivity contribution is 14.1. The van der Waals surface area contributed by atoms with Crippen molar-refractivity contribution in [3.63, 3.8) is 0 Å². The molecule has 3 aromatic carbocycles. The Labute approximate surface area is 217 Å². The van der Waals surface area contributed by atoms with Crippen molar-refractivity contribution in [3.8, 4) is 5.75 Å². The van der Waals surface area contributed by atoms with Crippen molar-refractivity contribution >= 4 is 79.3 Å². The van der Waals surface area contributed by atoms with Gasteiger partial charge in [0.2, 0.25) is 0 Å². The zero-order valence-electron chi connectivity index (χ0n) is 15.9. The summed E-state index contributed by atoms with van der Waals surface area (Å²) in [4.78, 5) is 10.8. The van der Waals surface area contributed by atoms with Crippen LogP contribution >= 0.6 is 67.8 Å². The molecular formula is C24H19I3O3. The second kappa shape index (κ2) is 11.5. The van der Waals surface area contributed by atoms with Crippen LogP contribution in [0.5, 0.6) is 5.75 Å². The van der Waals surface area contributed by atoms with Crippen LogP contribution in [0.25, 0.3) is 5.57 Å². The van der Waals surface area contributed by atoms with Crippen molar-refractivity contribution in [2.24, 2.45) is 0 Å². The van der Waals surface area contributed by atoms with E-state index in [4.69, 9.17) is 9.84 Å². The third-order valence-electron chi connectivity index (χ3n) is 4.46. The minimum Gasteiger partial charge on any atom is -0.488 e. The summed E-state index contributed by atoms with van der Waals surface area (Å²) >= 11 is 6.86. The second-order valence-electron chi connectivity index (χ2n) is 6.60. The summed E-state index contributed by atoms with van der Waals surface area (Å²) in [6.07, 6.45) is 2.77. The number of hydrogen-bond acceptors (Lipinski definition) is 2. The topological polar surface area (TPSA) is 46.5 Å². The van der Waals surface area contributed by atoms with Crippen LogP contribution in [0.2, 0.25) is 0 Å². The molecule has 154 valence electrons. The van der Waals surface area contributed by atoms with Gasteiger partial charge in [-0.05, 0) is 139 Å². The van der Waals surface area contributed by atoms with Crippen LogP contribution in [0.1, 0.15) is 23.1 Å². The molecule has 0 aliphatic heterocycles. The molecule has 3 nitrogen and oxygen atoms in total. The summed E-state index contributed by atoms with van der Waals surface area (Å²) in [5.74, 6) is 0.0182. The number of aliphatic carboxylic acids is 1. The zero-order valence-corrected chi connectivity index (χ0v) is 22.4. The Morgan fingerprint density at radius 3 is 1.93 bits per heavy atom. The smallest absolute Gasteiger partial charge is 0.303 e. The molecule has 0 atom stereocenters. The average Bonchev–Trinajstić information content (AvgIpc) is 2.72. The molecular weight excluding hydrogens is 717 g/mol. The number of carboxylic acids is 1. The van der Waals surface area contributed by atoms with E-state index >= 15 is 0 Å². The highest BCUT2D eigenvalue weighted by atomic mass is 127. The Hall–Kier alpha value is -1.14. The summed E-state index contributed by atoms with van der Waals surface area (Å²) in [6, 6.07) is 22.8. The zero-order chi connectivity index (χ0) is 21.5. The van der Waals surface area contributed by atoms with Gasteiger partial charge in [0.15, 0.2) is 0 Å². The van der Waals surface area contributed by atoms with Crippen LogP contribution in [0.15, 0.2) is 72.8 Å². The van der Waals surface area contributed by atoms with E-state index in [-0.39, 0.29) is 6.42 Å². The molecule has 0 radical (unpaired) electrons. The van der Waals surface area contributed by atoms with Crippen LogP contribution in [-0.4, -0.2) is 17.7 Å². The molecule has 3 rings (SSSR count). The maximum absolute atomic E-state index is 10.8. The first-order valence-corrected chi connectivity index (χ1v) is 12.5. The van der Waals surface area contributed by atoms with Crippen molar-refractivity contribution in [2.75, 3.05) is 6.61 Å². The molecule has 1 N–H and O–H groups in total. The molecule has 6 heteroatoms. The molecule has 0 aliphatic rings. The Morgan fingerprint density at radius 2 is 1.43 bits per heavy atom. The normalized spacial score (nSPS) is 10.5. The molecule has 30 heavy (non-hydrogen) atoms. The van der Waals surface area contributed by atoms with E-state index < -0.39 is 5.97 Å². The van der Waals surface area contributed by atoms with Gasteiger partial charge in [0.05, 0.1) is 3.57 Å². The molecule has 0 fully saturated rings. The van der Waals surface area contributed by atoms with Crippen molar-refractivity contribution in [3.05, 3.63) is 100 Å². The van der Waals surface area contributed by atoms with Gasteiger partial charge in [0.25, 0.3) is 0 Å². The lowest BCUT2D eigenvalue weighted by Gasteiger charge is -2.12. The van der Waals surface area contributed by atoms with Gasteiger partial charge >= 0.3 is 5.97 Å². The third-order valence-corrected chi connectivity index (χ3v) is 6.74. The average molecular weight is 736 g/mol. The van der Waals surface area contributed by atoms with Gasteiger partial charge in [-0.2, -0.15) is 0 Å². The fourth-order valence-electron chi connectivity index (χ4n) is 2.94. The number of hydrogen-bond donors (Lipinski definition) is 1. The monoisotopic (exact) mass is 736 g/mol. The fraction of sp³-hybridized carbons (Fsp3) is 0.125. The summed E-state index contributed by atoms with van der Waals surface area (Å²) in [5, 5.41) is 8.85. The van der Waals surface area contributed by atoms with Gasteiger partial charge in [0.1, 0.15) is 12.4 Å². The van der Waals surface area contributed by atoms with Crippen LogP contribution in [0.3, 0.4) is 0 Å². The predicted octanol–water partition coefficient (Wildman–Crippen LogP) is 7.03. The number of carboxylic acid groups (broad SMARTS) is 1. The molecule has 0 saturated heterocycles. The van der Waals surface area contributed by atoms with E-state index in [9.17, 15) is 4.79 Å². The summed E-state index contributed by atoms with van der Waals surface area (Å²) < 4.78 is 9.42. The quantitative estimate of drug-likeness (QED) is 0.253. The van der Waals surface area contributed by atoms with E-state index in [1.54, 1.807) is 0 Å². The summed E-state index contributed by atoms with van der Waals surface area (Å²) in [7, 11) is 0. The first kappa shape index (κ1) is 23.5. The SMILES string of the molecule is O=C(O)CCc1ccc(OCC=C(c2ccc(I)cc2)c2ccc(I)cc2)c(I)c1. The maximum atomic E-state index is 10.8. The third kappa shape index (κ3) is 6.94. The molecule has 0 unspecified atom stereocenters. The molecule has 0 heterocycles. The number of halogens is 3. The van der Waals surface area contributed by atoms with Crippen LogP contribution in [0.4, 0.5) is 0 Å². The molecule has 0 aliphatic carbocycles. The minimum atomic E-state index is -0.783. The maximum Gasteiger partial charge on any atom is 0.303 e. The lowest BCUT2D eigenvalue weighted by atomic mass is 9.98. The fourth-order valence-corrected chi connectivity index (χ4v) is 4.40. The van der Waals surface area contributed by atoms with Gasteiger partial charge in [-0.15, -0.1) is 0 Å². The van der Waals surface area contributed by atoms with Crippen molar-refractivity contribution in [1.29, 1.82) is 0 Å². The largest absolute Gasteiger partial charge is 0.488 e. The molecule has 0 spiro atoms. The number of rotatable bonds is 8. The van der Waals surface area contributed by atoms with Gasteiger partial charge in [-0.1, -0.05) is 30.3 Å². The van der Waals surface area contributed by atoms with Gasteiger partial charge < -0.3 is 9.84 Å². The van der Waals surface area contributed by atoms with Crippen LogP contribution in [0, 0.1) is 10.7 Å². The van der Waals surface area contributed by atoms with Crippen LogP contribution < -0.4 is 4.74 Å². The van der Waals surface area contributed by atoms with E-state index in [0.717, 1.165) is 31.6 Å². The molecule has 3 aromatic rings. The Bertz CT molecular complexity index is 995. The van der Waals surface area contributed by atoms with E-state index in [1.165, 1.54) is 7.14 Å². The summed E-state index contributed by atoms with van der Waals surface area (Å²) in [5.41, 5.74) is 4.44. The molecule has 0 bridgehead atoms. The van der Waals surface area contributed by atoms with Crippen LogP contribution in [-0.2, 0) is 11.2 Å². The van der Waals surface area contributed by atoms with Gasteiger partial charge in [0, 0.05) is 13.6 Å². The van der Waals surface area contributed by atoms with Gasteiger partial charge in [-0.25, -0.2) is 0 Å². The number of carbonyl (C=O) groups is 1. The lowest BCUT2D eigenvalue weighted by molar-refractivity contribution is -0.136. The number of aryl methyl sites for hydroxylation is 1. The Morgan fingerprint density at radius 1 is 0.867 bits per heavy atom. The Balaban J connectivity index is 1.78. The number of ether oxygens (including phenoxy) is 1. The van der Waals surface area contributed by atoms with E-state index in [0.29, 0.717) is 13.0 Å². The number of benzene rings is 3. The molecule has 0 amide bonds. The highest BCUT2D eigenvalue weighted by Gasteiger charge is 2.07. The molecule has 0 saturated carbocycles. The second-order valence-corrected chi connectivity index (χ2v) is 10.3. The standard InChI is InChI=1S/C24H19I3O3/c25-19-7-3-17(4-8-19)21(18-5-9-20(26)10-6-18)13-14-30-23-11-1-16(15-22(23)27)2-12-24(28)29/h1,3-11,13,15H,2,12,14H2,(H,28,29). The Kier molecular flexibility index (Phi) is 8.99. The predicted molar refractivity (Wildman–Crippen MR) is 146 cm³/mol. The van der Waals surface area contributed by atoms with E-state index in [1.807, 2.05) is 18.2 Å². The summed E-state index contributed by atoms with van der Waals surface area (Å²) in [6.45, 7) is 0.442. The first-order valence-electron chi connectivity index (χ1n) is 9.27. The van der Waals surface area contributed by atoms with Crippen molar-refractivity contribution in [1.82, 2.24) is 0 Å². The van der Waals surface area contributed by atoms with Crippen molar-refractivity contribution < 1.29 is 14.6 Å². The lowest BCUT2D eigenvalue weighted by Crippen LogP contribution is -2.00. The molecule has 0 aromatic heterocycles.